The molecule has 1 fully saturated rings. The Morgan fingerprint density at radius 3 is 2.80 bits per heavy atom. The van der Waals surface area contributed by atoms with Crippen LogP contribution < -0.4 is 10.1 Å². The quantitative estimate of drug-likeness (QED) is 0.895. The van der Waals surface area contributed by atoms with Gasteiger partial charge in [0, 0.05) is 24.3 Å². The van der Waals surface area contributed by atoms with Crippen LogP contribution in [0.4, 0.5) is 0 Å². The van der Waals surface area contributed by atoms with E-state index in [0.29, 0.717) is 10.9 Å². The second kappa shape index (κ2) is 6.40. The third-order valence-electron chi connectivity index (χ3n) is 4.73. The van der Waals surface area contributed by atoms with Crippen molar-refractivity contribution in [3.8, 4) is 5.75 Å². The second-order valence-electron chi connectivity index (χ2n) is 6.13. The fourth-order valence-corrected chi connectivity index (χ4v) is 4.42. The van der Waals surface area contributed by atoms with E-state index in [2.05, 4.69) is 47.6 Å². The minimum absolute atomic E-state index is 0.315. The molecule has 110 valence electrons. The van der Waals surface area contributed by atoms with E-state index in [-0.39, 0.29) is 0 Å². The molecule has 1 aromatic rings. The van der Waals surface area contributed by atoms with Crippen molar-refractivity contribution in [2.24, 2.45) is 0 Å². The zero-order valence-corrected chi connectivity index (χ0v) is 13.2. The molecule has 0 aromatic heterocycles. The van der Waals surface area contributed by atoms with Gasteiger partial charge >= 0.3 is 0 Å². The summed E-state index contributed by atoms with van der Waals surface area (Å²) < 4.78 is 6.47. The zero-order valence-electron chi connectivity index (χ0n) is 12.4. The highest BCUT2D eigenvalue weighted by Crippen LogP contribution is 2.38. The summed E-state index contributed by atoms with van der Waals surface area (Å²) in [4.78, 5) is 0. The van der Waals surface area contributed by atoms with Crippen LogP contribution in [-0.4, -0.2) is 30.2 Å². The minimum atomic E-state index is 0.315. The smallest absolute Gasteiger partial charge is 0.123 e. The molecule has 0 spiro atoms. The van der Waals surface area contributed by atoms with Crippen molar-refractivity contribution in [2.45, 2.75) is 49.4 Å². The number of ether oxygens (including phenoxy) is 1. The van der Waals surface area contributed by atoms with Crippen LogP contribution in [0.15, 0.2) is 24.3 Å². The van der Waals surface area contributed by atoms with Crippen molar-refractivity contribution in [1.82, 2.24) is 5.32 Å². The first-order chi connectivity index (χ1) is 9.81. The van der Waals surface area contributed by atoms with Crippen molar-refractivity contribution >= 4 is 11.8 Å². The van der Waals surface area contributed by atoms with Gasteiger partial charge in [0.05, 0.1) is 0 Å². The molecule has 2 nitrogen and oxygen atoms in total. The lowest BCUT2D eigenvalue weighted by molar-refractivity contribution is 0.223. The van der Waals surface area contributed by atoms with Crippen molar-refractivity contribution in [2.75, 3.05) is 19.3 Å². The molecule has 0 saturated heterocycles. The molecule has 3 rings (SSSR count). The van der Waals surface area contributed by atoms with Crippen LogP contribution in [0.25, 0.3) is 0 Å². The first kappa shape index (κ1) is 14.3. The van der Waals surface area contributed by atoms with Gasteiger partial charge in [0.2, 0.25) is 0 Å². The fraction of sp³-hybridized carbons (Fsp3) is 0.647. The monoisotopic (exact) mass is 291 g/mol. The summed E-state index contributed by atoms with van der Waals surface area (Å²) in [6.45, 7) is 2.10. The molecule has 1 saturated carbocycles. The normalized spacial score (nSPS) is 24.1. The summed E-state index contributed by atoms with van der Waals surface area (Å²) in [5, 5.41) is 3.68. The van der Waals surface area contributed by atoms with Crippen LogP contribution in [0, 0.1) is 0 Å². The predicted molar refractivity (Wildman–Crippen MR) is 86.8 cm³/mol. The van der Waals surface area contributed by atoms with Crippen molar-refractivity contribution in [1.29, 1.82) is 0 Å². The number of rotatable bonds is 5. The summed E-state index contributed by atoms with van der Waals surface area (Å²) in [6, 6.07) is 8.42. The molecule has 3 heteroatoms. The molecule has 2 aliphatic rings. The molecule has 1 heterocycles. The average molecular weight is 291 g/mol. The van der Waals surface area contributed by atoms with Gasteiger partial charge < -0.3 is 10.1 Å². The average Bonchev–Trinajstić information content (AvgIpc) is 2.91. The fourth-order valence-electron chi connectivity index (χ4n) is 3.48. The van der Waals surface area contributed by atoms with Crippen LogP contribution in [-0.2, 0) is 6.42 Å². The van der Waals surface area contributed by atoms with Gasteiger partial charge in [0.25, 0.3) is 0 Å². The highest BCUT2D eigenvalue weighted by molar-refractivity contribution is 8.00. The van der Waals surface area contributed by atoms with E-state index in [9.17, 15) is 0 Å². The maximum absolute atomic E-state index is 5.99. The van der Waals surface area contributed by atoms with E-state index < -0.39 is 0 Å². The zero-order chi connectivity index (χ0) is 13.8. The van der Waals surface area contributed by atoms with Gasteiger partial charge in [-0.2, -0.15) is 11.8 Å². The van der Waals surface area contributed by atoms with Crippen molar-refractivity contribution in [3.63, 3.8) is 0 Å². The first-order valence-electron chi connectivity index (χ1n) is 7.82. The maximum atomic E-state index is 5.99. The largest absolute Gasteiger partial charge is 0.488 e. The molecule has 1 aliphatic heterocycles. The summed E-state index contributed by atoms with van der Waals surface area (Å²) in [5.74, 6) is 1.08. The molecule has 1 aromatic carbocycles. The van der Waals surface area contributed by atoms with Gasteiger partial charge in [0.15, 0.2) is 0 Å². The molecule has 1 aliphatic carbocycles. The lowest BCUT2D eigenvalue weighted by Crippen LogP contribution is -2.42. The van der Waals surface area contributed by atoms with Crippen molar-refractivity contribution < 1.29 is 4.74 Å². The summed E-state index contributed by atoms with van der Waals surface area (Å²) in [5.41, 5.74) is 1.36. The number of fused-ring (bicyclic) bond motifs is 1. The Morgan fingerprint density at radius 2 is 2.05 bits per heavy atom. The Kier molecular flexibility index (Phi) is 4.57. The summed E-state index contributed by atoms with van der Waals surface area (Å²) in [6.07, 6.45) is 10.6. The Morgan fingerprint density at radius 1 is 1.25 bits per heavy atom. The second-order valence-corrected chi connectivity index (χ2v) is 7.40. The highest BCUT2D eigenvalue weighted by Gasteiger charge is 2.31. The highest BCUT2D eigenvalue weighted by atomic mass is 32.2. The van der Waals surface area contributed by atoms with Crippen LogP contribution in [0.1, 0.15) is 37.7 Å². The van der Waals surface area contributed by atoms with E-state index in [1.165, 1.54) is 37.7 Å². The SMILES string of the molecule is CSC1(CNCC2Cc3ccccc3O2)CCCCC1. The van der Waals surface area contributed by atoms with Gasteiger partial charge in [-0.3, -0.25) is 0 Å². The molecule has 1 unspecified atom stereocenters. The number of hydrogen-bond donors (Lipinski definition) is 1. The van der Waals surface area contributed by atoms with Crippen molar-refractivity contribution in [3.05, 3.63) is 29.8 Å². The third-order valence-corrected chi connectivity index (χ3v) is 6.15. The molecule has 0 radical (unpaired) electrons. The summed E-state index contributed by atoms with van der Waals surface area (Å²) >= 11 is 2.06. The Balaban J connectivity index is 1.47. The number of benzene rings is 1. The Bertz CT molecular complexity index is 417. The van der Waals surface area contributed by atoms with Gasteiger partial charge in [-0.1, -0.05) is 37.5 Å². The lowest BCUT2D eigenvalue weighted by atomic mass is 9.88. The topological polar surface area (TPSA) is 21.3 Å². The molecular formula is C17H25NOS. The maximum Gasteiger partial charge on any atom is 0.123 e. The van der Waals surface area contributed by atoms with Gasteiger partial charge in [-0.25, -0.2) is 0 Å². The van der Waals surface area contributed by atoms with Gasteiger partial charge in [0.1, 0.15) is 11.9 Å². The van der Waals surface area contributed by atoms with E-state index in [1.54, 1.807) is 0 Å². The standard InChI is InChI=1S/C17H25NOS/c1-20-17(9-5-2-6-10-17)13-18-12-15-11-14-7-3-4-8-16(14)19-15/h3-4,7-8,15,18H,2,5-6,9-13H2,1H3. The van der Waals surface area contributed by atoms with Gasteiger partial charge in [-0.05, 0) is 30.7 Å². The van der Waals surface area contributed by atoms with Crippen LogP contribution in [0.2, 0.25) is 0 Å². The molecule has 0 amide bonds. The number of hydrogen-bond acceptors (Lipinski definition) is 3. The molecule has 20 heavy (non-hydrogen) atoms. The molecule has 1 atom stereocenters. The third kappa shape index (κ3) is 3.15. The molecule has 1 N–H and O–H groups in total. The Labute approximate surface area is 126 Å². The Hall–Kier alpha value is -0.670. The predicted octanol–water partition coefficient (Wildman–Crippen LogP) is 3.65. The molecular weight excluding hydrogens is 266 g/mol. The lowest BCUT2D eigenvalue weighted by Gasteiger charge is -2.36. The van der Waals surface area contributed by atoms with Gasteiger partial charge in [-0.15, -0.1) is 0 Å². The van der Waals surface area contributed by atoms with Crippen LogP contribution in [0.5, 0.6) is 5.75 Å². The number of thioether (sulfide) groups is 1. The van der Waals surface area contributed by atoms with Crippen LogP contribution in [0.3, 0.4) is 0 Å². The van der Waals surface area contributed by atoms with E-state index in [1.807, 2.05) is 0 Å². The minimum Gasteiger partial charge on any atom is -0.488 e. The number of para-hydroxylation sites is 1. The van der Waals surface area contributed by atoms with E-state index in [4.69, 9.17) is 4.74 Å². The summed E-state index contributed by atoms with van der Waals surface area (Å²) in [7, 11) is 0. The molecule has 0 bridgehead atoms. The van der Waals surface area contributed by atoms with E-state index in [0.717, 1.165) is 25.3 Å². The van der Waals surface area contributed by atoms with E-state index >= 15 is 0 Å². The first-order valence-corrected chi connectivity index (χ1v) is 9.04. The van der Waals surface area contributed by atoms with Crippen LogP contribution >= 0.6 is 11.8 Å². The number of nitrogens with one attached hydrogen (secondary N) is 1.